The molecular weight excluding hydrogens is 765 g/mol. The number of carbonyl (C=O) groups excluding carboxylic acids is 2. The second kappa shape index (κ2) is 22.7. The molecule has 328 valence electrons. The number of amides is 1. The van der Waals surface area contributed by atoms with Gasteiger partial charge in [-0.3, -0.25) is 9.59 Å². The third kappa shape index (κ3) is 10.7. The number of aliphatic hydroxyl groups is 3. The normalized spacial score (nSPS) is 25.2. The number of ether oxygens (including phenoxy) is 4. The number of oxime groups is 1. The zero-order valence-electron chi connectivity index (χ0n) is 35.4. The molecule has 12 heteroatoms. The van der Waals surface area contributed by atoms with E-state index in [-0.39, 0.29) is 69.8 Å². The van der Waals surface area contributed by atoms with Crippen LogP contribution in [0.2, 0.25) is 0 Å². The highest BCUT2D eigenvalue weighted by Gasteiger charge is 2.65. The molecule has 1 heterocycles. The number of benzene rings is 2. The molecule has 3 aliphatic carbocycles. The monoisotopic (exact) mass is 830 g/mol. The number of carbonyl (C=O) groups is 2. The van der Waals surface area contributed by atoms with Crippen LogP contribution in [0.3, 0.4) is 0 Å². The lowest BCUT2D eigenvalue weighted by Crippen LogP contribution is -2.70. The molecule has 1 aliphatic heterocycles. The van der Waals surface area contributed by atoms with Crippen molar-refractivity contribution in [3.8, 4) is 17.2 Å². The average Bonchev–Trinajstić information content (AvgIpc) is 3.80. The van der Waals surface area contributed by atoms with Gasteiger partial charge in [-0.1, -0.05) is 68.0 Å². The summed E-state index contributed by atoms with van der Waals surface area (Å²) in [6.45, 7) is 7.17. The third-order valence-electron chi connectivity index (χ3n) is 12.8. The summed E-state index contributed by atoms with van der Waals surface area (Å²) in [5, 5.41) is 34.2. The molecule has 1 amide bonds. The van der Waals surface area contributed by atoms with Gasteiger partial charge in [0, 0.05) is 49.6 Å². The molecule has 6 unspecified atom stereocenters. The lowest BCUT2D eigenvalue weighted by molar-refractivity contribution is -0.258. The maximum atomic E-state index is 14.8. The minimum Gasteiger partial charge on any atom is -0.459 e. The van der Waals surface area contributed by atoms with Gasteiger partial charge in [-0.05, 0) is 92.7 Å². The summed E-state index contributed by atoms with van der Waals surface area (Å²) < 4.78 is 26.7. The van der Waals surface area contributed by atoms with Crippen molar-refractivity contribution < 1.29 is 48.7 Å². The Labute approximate surface area is 355 Å². The van der Waals surface area contributed by atoms with Gasteiger partial charge in [0.2, 0.25) is 11.7 Å². The molecule has 0 radical (unpaired) electrons. The van der Waals surface area contributed by atoms with E-state index < -0.39 is 17.7 Å². The highest BCUT2D eigenvalue weighted by molar-refractivity contribution is 6.03. The van der Waals surface area contributed by atoms with Crippen LogP contribution in [0.4, 0.5) is 0 Å². The first-order valence-corrected chi connectivity index (χ1v) is 22.3. The van der Waals surface area contributed by atoms with E-state index >= 15 is 0 Å². The standard InChI is InChI=1S/C48H66N2O10/c1-3-26-57-48-44(50(22-27-56-28-25-53)45(55)21-18-34-12-5-6-13-34)32-42(49-58-4-2)40-30-36(15-7-9-23-51)39(17-8-10-24-52)46(47(40)48)41-31-38(19-20-43(41)60-48)59-37-16-11-14-35(29-37)33-54/h3,11,14,16,19-20,29-31,33-34,36,39,44,46-47,51-53H,1,4-10,12-13,15,17-18,21-28,32H2,2H3. The van der Waals surface area contributed by atoms with E-state index in [0.717, 1.165) is 68.1 Å². The predicted octanol–water partition coefficient (Wildman–Crippen LogP) is 7.75. The number of rotatable bonds is 25. The number of unbranched alkanes of at least 4 members (excludes halogenated alkanes) is 2. The van der Waals surface area contributed by atoms with Crippen molar-refractivity contribution in [3.05, 3.63) is 77.9 Å². The summed E-state index contributed by atoms with van der Waals surface area (Å²) in [4.78, 5) is 34.2. The Balaban J connectivity index is 1.54. The Morgan fingerprint density at radius 3 is 2.50 bits per heavy atom. The lowest BCUT2D eigenvalue weighted by atomic mass is 9.55. The molecule has 0 spiro atoms. The van der Waals surface area contributed by atoms with Crippen LogP contribution in [0.25, 0.3) is 0 Å². The van der Waals surface area contributed by atoms with E-state index in [1.54, 1.807) is 24.3 Å². The minimum atomic E-state index is -1.38. The van der Waals surface area contributed by atoms with Crippen LogP contribution in [-0.4, -0.2) is 103 Å². The Kier molecular flexibility index (Phi) is 17.2. The van der Waals surface area contributed by atoms with E-state index in [9.17, 15) is 24.9 Å². The number of allylic oxidation sites excluding steroid dienone is 1. The van der Waals surface area contributed by atoms with Gasteiger partial charge >= 0.3 is 0 Å². The second-order valence-electron chi connectivity index (χ2n) is 16.6. The summed E-state index contributed by atoms with van der Waals surface area (Å²) in [5.41, 5.74) is 3.15. The van der Waals surface area contributed by atoms with Crippen LogP contribution in [0.15, 0.2) is 71.9 Å². The average molecular weight is 831 g/mol. The fraction of sp³-hybridized carbons (Fsp3) is 0.604. The first-order valence-electron chi connectivity index (χ1n) is 22.3. The van der Waals surface area contributed by atoms with Crippen molar-refractivity contribution in [2.24, 2.45) is 28.8 Å². The lowest BCUT2D eigenvalue weighted by Gasteiger charge is -2.60. The smallest absolute Gasteiger partial charge is 0.239 e. The molecule has 2 aromatic rings. The fourth-order valence-electron chi connectivity index (χ4n) is 10.2. The number of fused-ring (bicyclic) bond motifs is 2. The van der Waals surface area contributed by atoms with Crippen LogP contribution in [0.1, 0.15) is 112 Å². The van der Waals surface area contributed by atoms with Crippen molar-refractivity contribution in [2.45, 2.75) is 108 Å². The zero-order valence-corrected chi connectivity index (χ0v) is 35.4. The molecule has 2 fully saturated rings. The van der Waals surface area contributed by atoms with Crippen LogP contribution >= 0.6 is 0 Å². The van der Waals surface area contributed by atoms with Gasteiger partial charge in [-0.2, -0.15) is 0 Å². The molecule has 6 rings (SSSR count). The molecule has 0 saturated heterocycles. The third-order valence-corrected chi connectivity index (χ3v) is 12.8. The molecule has 2 aromatic carbocycles. The van der Waals surface area contributed by atoms with Gasteiger partial charge in [0.25, 0.3) is 0 Å². The number of aliphatic hydroxyl groups excluding tert-OH is 3. The topological polar surface area (TPSA) is 157 Å². The van der Waals surface area contributed by atoms with Gasteiger partial charge in [0.15, 0.2) is 0 Å². The van der Waals surface area contributed by atoms with Crippen molar-refractivity contribution in [3.63, 3.8) is 0 Å². The summed E-state index contributed by atoms with van der Waals surface area (Å²) in [7, 11) is 0. The Hall–Kier alpha value is -4.07. The van der Waals surface area contributed by atoms with Gasteiger partial charge < -0.3 is 44.0 Å². The highest BCUT2D eigenvalue weighted by atomic mass is 16.7. The Morgan fingerprint density at radius 2 is 1.77 bits per heavy atom. The van der Waals surface area contributed by atoms with Crippen molar-refractivity contribution in [1.82, 2.24) is 4.90 Å². The van der Waals surface area contributed by atoms with Crippen LogP contribution in [0.5, 0.6) is 17.2 Å². The van der Waals surface area contributed by atoms with Gasteiger partial charge in [0.05, 0.1) is 38.1 Å². The van der Waals surface area contributed by atoms with E-state index in [1.165, 1.54) is 12.8 Å². The summed E-state index contributed by atoms with van der Waals surface area (Å²) in [6, 6.07) is 12.2. The van der Waals surface area contributed by atoms with Crippen molar-refractivity contribution >= 4 is 17.9 Å². The number of nitrogens with zero attached hydrogens (tertiary/aromatic N) is 2. The van der Waals surface area contributed by atoms with Crippen molar-refractivity contribution in [2.75, 3.05) is 52.8 Å². The van der Waals surface area contributed by atoms with Crippen LogP contribution in [-0.2, 0) is 19.1 Å². The summed E-state index contributed by atoms with van der Waals surface area (Å²) >= 11 is 0. The predicted molar refractivity (Wildman–Crippen MR) is 229 cm³/mol. The van der Waals surface area contributed by atoms with E-state index in [4.69, 9.17) is 28.9 Å². The summed E-state index contributed by atoms with van der Waals surface area (Å²) in [5.74, 6) is 0.354. The molecule has 6 atom stereocenters. The fourth-order valence-corrected chi connectivity index (χ4v) is 10.2. The molecule has 0 aromatic heterocycles. The first-order chi connectivity index (χ1) is 29.4. The maximum Gasteiger partial charge on any atom is 0.239 e. The van der Waals surface area contributed by atoms with Gasteiger partial charge in [-0.25, -0.2) is 0 Å². The van der Waals surface area contributed by atoms with E-state index in [1.807, 2.05) is 36.1 Å². The van der Waals surface area contributed by atoms with Crippen molar-refractivity contribution in [1.29, 1.82) is 0 Å². The first kappa shape index (κ1) is 45.5. The Bertz CT molecular complexity index is 1770. The van der Waals surface area contributed by atoms with Crippen LogP contribution in [0, 0.1) is 23.7 Å². The van der Waals surface area contributed by atoms with E-state index in [0.29, 0.717) is 61.0 Å². The van der Waals surface area contributed by atoms with E-state index in [2.05, 4.69) is 12.7 Å². The Morgan fingerprint density at radius 1 is 0.983 bits per heavy atom. The van der Waals surface area contributed by atoms with Gasteiger partial charge in [-0.15, -0.1) is 6.58 Å². The largest absolute Gasteiger partial charge is 0.459 e. The SMILES string of the molecule is C=CCOC12Oc3ccc(Oc4cccc(C=O)c4)cc3C3C(CCCCO)C(CCCCO)C=C(C(=NOCC)CC1N(CCOCCO)C(=O)CCC1CCCC1)C32. The zero-order chi connectivity index (χ0) is 42.3. The highest BCUT2D eigenvalue weighted by Crippen LogP contribution is 2.62. The van der Waals surface area contributed by atoms with Crippen LogP contribution < -0.4 is 9.47 Å². The molecular formula is C48H66N2O10. The molecule has 3 N–H and O–H groups in total. The quantitative estimate of drug-likeness (QED) is 0.0391. The summed E-state index contributed by atoms with van der Waals surface area (Å²) in [6.07, 6.45) is 15.6. The maximum absolute atomic E-state index is 14.8. The van der Waals surface area contributed by atoms with Gasteiger partial charge in [0.1, 0.15) is 36.2 Å². The molecule has 2 saturated carbocycles. The second-order valence-corrected chi connectivity index (χ2v) is 16.6. The minimum absolute atomic E-state index is 0.00583. The molecule has 4 aliphatic rings. The molecule has 0 bridgehead atoms. The number of hydrogen-bond donors (Lipinski definition) is 3. The molecule has 60 heavy (non-hydrogen) atoms. The molecule has 12 nitrogen and oxygen atoms in total. The number of hydrogen-bond acceptors (Lipinski definition) is 11. The number of aldehydes is 1.